The molecule has 2 aromatic rings. The Bertz CT molecular complexity index is 833. The number of nitrogens with zero attached hydrogens (tertiary/aromatic N) is 1. The van der Waals surface area contributed by atoms with Gasteiger partial charge in [0.05, 0.1) is 18.1 Å². The SMILES string of the molecule is CCOc1ccc(/C=C2\SC(=O)N(Cc3cccc(Cl)c3)C2=O)cc1. The van der Waals surface area contributed by atoms with E-state index >= 15 is 0 Å². The van der Waals surface area contributed by atoms with Gasteiger partial charge in [-0.1, -0.05) is 35.9 Å². The second-order valence-corrected chi connectivity index (χ2v) is 6.83. The van der Waals surface area contributed by atoms with E-state index in [1.807, 2.05) is 37.3 Å². The van der Waals surface area contributed by atoms with Crippen molar-refractivity contribution in [1.29, 1.82) is 0 Å². The van der Waals surface area contributed by atoms with Gasteiger partial charge in [-0.25, -0.2) is 0 Å². The normalized spacial score (nSPS) is 15.9. The van der Waals surface area contributed by atoms with Gasteiger partial charge >= 0.3 is 0 Å². The highest BCUT2D eigenvalue weighted by Gasteiger charge is 2.34. The smallest absolute Gasteiger partial charge is 0.293 e. The summed E-state index contributed by atoms with van der Waals surface area (Å²) in [5.74, 6) is 0.484. The Hall–Kier alpha value is -2.24. The summed E-state index contributed by atoms with van der Waals surface area (Å²) in [6, 6.07) is 14.5. The molecule has 0 radical (unpaired) electrons. The van der Waals surface area contributed by atoms with Gasteiger partial charge in [0.25, 0.3) is 11.1 Å². The highest BCUT2D eigenvalue weighted by atomic mass is 35.5. The lowest BCUT2D eigenvalue weighted by Gasteiger charge is -2.12. The molecule has 2 aromatic carbocycles. The molecule has 0 aromatic heterocycles. The summed E-state index contributed by atoms with van der Waals surface area (Å²) in [7, 11) is 0. The molecule has 4 nitrogen and oxygen atoms in total. The van der Waals surface area contributed by atoms with Crippen LogP contribution in [-0.2, 0) is 11.3 Å². The minimum Gasteiger partial charge on any atom is -0.494 e. The number of amides is 2. The van der Waals surface area contributed by atoms with E-state index in [9.17, 15) is 9.59 Å². The molecule has 0 atom stereocenters. The number of carbonyl (C=O) groups excluding carboxylic acids is 2. The Morgan fingerprint density at radius 2 is 1.92 bits per heavy atom. The fourth-order valence-corrected chi connectivity index (χ4v) is 3.48. The van der Waals surface area contributed by atoms with Crippen LogP contribution in [0.1, 0.15) is 18.1 Å². The van der Waals surface area contributed by atoms with Crippen molar-refractivity contribution in [3.05, 3.63) is 69.6 Å². The third-order valence-corrected chi connectivity index (χ3v) is 4.73. The van der Waals surface area contributed by atoms with Crippen LogP contribution in [0.3, 0.4) is 0 Å². The largest absolute Gasteiger partial charge is 0.494 e. The zero-order valence-corrected chi connectivity index (χ0v) is 15.1. The number of rotatable bonds is 5. The Labute approximate surface area is 155 Å². The summed E-state index contributed by atoms with van der Waals surface area (Å²) >= 11 is 6.91. The molecular weight excluding hydrogens is 358 g/mol. The van der Waals surface area contributed by atoms with Gasteiger partial charge in [0.15, 0.2) is 0 Å². The van der Waals surface area contributed by atoms with E-state index in [-0.39, 0.29) is 17.7 Å². The van der Waals surface area contributed by atoms with Crippen molar-refractivity contribution < 1.29 is 14.3 Å². The van der Waals surface area contributed by atoms with Crippen LogP contribution in [0.5, 0.6) is 5.75 Å². The number of hydrogen-bond donors (Lipinski definition) is 0. The Morgan fingerprint density at radius 1 is 1.16 bits per heavy atom. The molecule has 0 spiro atoms. The van der Waals surface area contributed by atoms with Crippen molar-refractivity contribution in [2.45, 2.75) is 13.5 Å². The quantitative estimate of drug-likeness (QED) is 0.694. The van der Waals surface area contributed by atoms with Crippen molar-refractivity contribution >= 4 is 40.6 Å². The van der Waals surface area contributed by atoms with Crippen molar-refractivity contribution in [3.8, 4) is 5.75 Å². The van der Waals surface area contributed by atoms with Crippen molar-refractivity contribution in [2.24, 2.45) is 0 Å². The maximum absolute atomic E-state index is 12.5. The van der Waals surface area contributed by atoms with Gasteiger partial charge in [0.2, 0.25) is 0 Å². The molecule has 0 unspecified atom stereocenters. The first-order valence-corrected chi connectivity index (χ1v) is 8.99. The summed E-state index contributed by atoms with van der Waals surface area (Å²) in [6.07, 6.45) is 1.72. The molecule has 0 aliphatic carbocycles. The van der Waals surface area contributed by atoms with Crippen molar-refractivity contribution in [3.63, 3.8) is 0 Å². The minimum atomic E-state index is -0.288. The first-order chi connectivity index (χ1) is 12.1. The summed E-state index contributed by atoms with van der Waals surface area (Å²) in [5, 5.41) is 0.302. The van der Waals surface area contributed by atoms with Gasteiger partial charge in [-0.05, 0) is 60.2 Å². The Morgan fingerprint density at radius 3 is 2.60 bits per heavy atom. The highest BCUT2D eigenvalue weighted by molar-refractivity contribution is 8.18. The molecule has 0 N–H and O–H groups in total. The van der Waals surface area contributed by atoms with E-state index in [2.05, 4.69) is 0 Å². The van der Waals surface area contributed by atoms with Crippen LogP contribution in [0.15, 0.2) is 53.4 Å². The lowest BCUT2D eigenvalue weighted by atomic mass is 10.2. The lowest BCUT2D eigenvalue weighted by molar-refractivity contribution is -0.123. The van der Waals surface area contributed by atoms with Gasteiger partial charge in [0, 0.05) is 5.02 Å². The van der Waals surface area contributed by atoms with E-state index in [0.717, 1.165) is 28.6 Å². The molecule has 2 amide bonds. The lowest BCUT2D eigenvalue weighted by Crippen LogP contribution is -2.27. The van der Waals surface area contributed by atoms with E-state index in [0.29, 0.717) is 16.5 Å². The molecule has 1 aliphatic rings. The molecule has 128 valence electrons. The molecule has 1 heterocycles. The van der Waals surface area contributed by atoms with Crippen molar-refractivity contribution in [2.75, 3.05) is 6.61 Å². The second-order valence-electron chi connectivity index (χ2n) is 5.40. The van der Waals surface area contributed by atoms with Gasteiger partial charge < -0.3 is 4.74 Å². The molecule has 0 bridgehead atoms. The van der Waals surface area contributed by atoms with Crippen LogP contribution in [-0.4, -0.2) is 22.7 Å². The van der Waals surface area contributed by atoms with Crippen LogP contribution in [0.4, 0.5) is 4.79 Å². The van der Waals surface area contributed by atoms with Crippen LogP contribution >= 0.6 is 23.4 Å². The molecule has 6 heteroatoms. The molecular formula is C19H16ClNO3S. The van der Waals surface area contributed by atoms with Crippen LogP contribution in [0, 0.1) is 0 Å². The summed E-state index contributed by atoms with van der Waals surface area (Å²) < 4.78 is 5.40. The fourth-order valence-electron chi connectivity index (χ4n) is 2.43. The second kappa shape index (κ2) is 7.76. The number of imide groups is 1. The highest BCUT2D eigenvalue weighted by Crippen LogP contribution is 2.33. The number of hydrogen-bond acceptors (Lipinski definition) is 4. The number of carbonyl (C=O) groups is 2. The summed E-state index contributed by atoms with van der Waals surface area (Å²) in [5.41, 5.74) is 1.66. The van der Waals surface area contributed by atoms with E-state index in [1.165, 1.54) is 4.90 Å². The Kier molecular flexibility index (Phi) is 5.46. The first kappa shape index (κ1) is 17.6. The zero-order chi connectivity index (χ0) is 17.8. The predicted octanol–water partition coefficient (Wildman–Crippen LogP) is 4.98. The minimum absolute atomic E-state index is 0.214. The maximum atomic E-state index is 12.5. The van der Waals surface area contributed by atoms with E-state index in [4.69, 9.17) is 16.3 Å². The molecule has 25 heavy (non-hydrogen) atoms. The topological polar surface area (TPSA) is 46.6 Å². The third kappa shape index (κ3) is 4.24. The van der Waals surface area contributed by atoms with Gasteiger partial charge in [-0.2, -0.15) is 0 Å². The molecule has 3 rings (SSSR count). The van der Waals surface area contributed by atoms with Gasteiger partial charge in [-0.3, -0.25) is 14.5 Å². The number of halogens is 1. The third-order valence-electron chi connectivity index (χ3n) is 3.59. The van der Waals surface area contributed by atoms with Crippen molar-refractivity contribution in [1.82, 2.24) is 4.90 Å². The number of benzene rings is 2. The monoisotopic (exact) mass is 373 g/mol. The van der Waals surface area contributed by atoms with E-state index < -0.39 is 0 Å². The van der Waals surface area contributed by atoms with Gasteiger partial charge in [0.1, 0.15) is 5.75 Å². The first-order valence-electron chi connectivity index (χ1n) is 7.79. The predicted molar refractivity (Wildman–Crippen MR) is 101 cm³/mol. The van der Waals surface area contributed by atoms with Gasteiger partial charge in [-0.15, -0.1) is 0 Å². The van der Waals surface area contributed by atoms with E-state index in [1.54, 1.807) is 24.3 Å². The van der Waals surface area contributed by atoms with Crippen LogP contribution < -0.4 is 4.74 Å². The molecule has 0 saturated carbocycles. The maximum Gasteiger partial charge on any atom is 0.293 e. The Balaban J connectivity index is 1.76. The number of ether oxygens (including phenoxy) is 1. The average Bonchev–Trinajstić information content (AvgIpc) is 2.84. The zero-order valence-electron chi connectivity index (χ0n) is 13.6. The molecule has 1 saturated heterocycles. The fraction of sp³-hybridized carbons (Fsp3) is 0.158. The standard InChI is InChI=1S/C19H16ClNO3S/c1-2-24-16-8-6-13(7-9-16)11-17-18(22)21(19(23)25-17)12-14-4-3-5-15(20)10-14/h3-11H,2,12H2,1H3/b17-11-. The molecule has 1 aliphatic heterocycles. The summed E-state index contributed by atoms with van der Waals surface area (Å²) in [6.45, 7) is 2.73. The number of thioether (sulfide) groups is 1. The summed E-state index contributed by atoms with van der Waals surface area (Å²) in [4.78, 5) is 26.4. The average molecular weight is 374 g/mol. The van der Waals surface area contributed by atoms with Crippen LogP contribution in [0.25, 0.3) is 6.08 Å². The molecule has 1 fully saturated rings. The van der Waals surface area contributed by atoms with Crippen LogP contribution in [0.2, 0.25) is 5.02 Å².